The number of hydrogen-bond donors (Lipinski definition) is 0. The molecule has 0 aromatic heterocycles. The van der Waals surface area contributed by atoms with Gasteiger partial charge in [0.2, 0.25) is 5.91 Å². The molecule has 8 heteroatoms. The maximum absolute atomic E-state index is 12.6. The van der Waals surface area contributed by atoms with Crippen molar-refractivity contribution in [3.8, 4) is 0 Å². The van der Waals surface area contributed by atoms with Crippen LogP contribution in [0.25, 0.3) is 6.08 Å². The van der Waals surface area contributed by atoms with Crippen molar-refractivity contribution < 1.29 is 9.59 Å². The number of piperazine rings is 1. The predicted molar refractivity (Wildman–Crippen MR) is 110 cm³/mol. The van der Waals surface area contributed by atoms with Gasteiger partial charge in [0, 0.05) is 44.2 Å². The fourth-order valence-corrected chi connectivity index (χ4v) is 4.34. The SMILES string of the molecule is CN1CCN(C(=O)CCN2C(=O)/C(=C/c3ccccc3Cl)SC2=S)CC1. The summed E-state index contributed by atoms with van der Waals surface area (Å²) in [5.41, 5.74) is 0.781. The third kappa shape index (κ3) is 4.46. The number of carbonyl (C=O) groups is 2. The Morgan fingerprint density at radius 2 is 1.96 bits per heavy atom. The number of likely N-dealkylation sites (N-methyl/N-ethyl adjacent to an activating group) is 1. The summed E-state index contributed by atoms with van der Waals surface area (Å²) >= 11 is 12.7. The molecule has 0 aliphatic carbocycles. The average molecular weight is 410 g/mol. The molecule has 0 saturated carbocycles. The van der Waals surface area contributed by atoms with Crippen LogP contribution in [0.2, 0.25) is 5.02 Å². The minimum Gasteiger partial charge on any atom is -0.340 e. The molecule has 2 heterocycles. The highest BCUT2D eigenvalue weighted by molar-refractivity contribution is 8.26. The van der Waals surface area contributed by atoms with Crippen LogP contribution < -0.4 is 0 Å². The molecule has 5 nitrogen and oxygen atoms in total. The van der Waals surface area contributed by atoms with Gasteiger partial charge < -0.3 is 9.80 Å². The summed E-state index contributed by atoms with van der Waals surface area (Å²) in [4.78, 5) is 31.1. The molecule has 2 aliphatic heterocycles. The number of thioether (sulfide) groups is 1. The second-order valence-electron chi connectivity index (χ2n) is 6.29. The summed E-state index contributed by atoms with van der Waals surface area (Å²) in [5.74, 6) is -0.0895. The minimum absolute atomic E-state index is 0.0715. The van der Waals surface area contributed by atoms with Crippen molar-refractivity contribution in [3.05, 3.63) is 39.8 Å². The molecule has 0 atom stereocenters. The van der Waals surface area contributed by atoms with Gasteiger partial charge >= 0.3 is 0 Å². The van der Waals surface area contributed by atoms with Crippen molar-refractivity contribution in [2.24, 2.45) is 0 Å². The number of nitrogens with zero attached hydrogens (tertiary/aromatic N) is 3. The van der Waals surface area contributed by atoms with Crippen LogP contribution in [-0.2, 0) is 9.59 Å². The molecule has 0 N–H and O–H groups in total. The number of thiocarbonyl (C=S) groups is 1. The fourth-order valence-electron chi connectivity index (χ4n) is 2.85. The summed E-state index contributed by atoms with van der Waals surface area (Å²) in [5, 5.41) is 0.586. The third-order valence-corrected chi connectivity index (χ3v) is 6.19. The van der Waals surface area contributed by atoms with Crippen LogP contribution in [0.15, 0.2) is 29.2 Å². The zero-order chi connectivity index (χ0) is 18.7. The summed E-state index contributed by atoms with van der Waals surface area (Å²) in [6, 6.07) is 7.34. The number of hydrogen-bond acceptors (Lipinski definition) is 5. The monoisotopic (exact) mass is 409 g/mol. The first kappa shape index (κ1) is 19.4. The zero-order valence-electron chi connectivity index (χ0n) is 14.5. The molecule has 2 amide bonds. The van der Waals surface area contributed by atoms with Crippen molar-refractivity contribution in [1.82, 2.24) is 14.7 Å². The Hall–Kier alpha value is -1.41. The van der Waals surface area contributed by atoms with E-state index in [0.29, 0.717) is 20.8 Å². The van der Waals surface area contributed by atoms with Crippen LogP contribution in [-0.4, -0.2) is 70.6 Å². The molecule has 3 rings (SSSR count). The molecule has 1 aromatic rings. The van der Waals surface area contributed by atoms with E-state index in [1.165, 1.54) is 16.7 Å². The lowest BCUT2D eigenvalue weighted by atomic mass is 10.2. The molecule has 0 unspecified atom stereocenters. The summed E-state index contributed by atoms with van der Waals surface area (Å²) in [6.07, 6.45) is 2.04. The standard InChI is InChI=1S/C18H20ClN3O2S2/c1-20-8-10-21(11-9-20)16(23)6-7-22-17(24)15(26-18(22)25)12-13-4-2-3-5-14(13)19/h2-5,12H,6-11H2,1H3/b15-12-. The van der Waals surface area contributed by atoms with Gasteiger partial charge in [0.15, 0.2) is 0 Å². The van der Waals surface area contributed by atoms with Gasteiger partial charge in [0.05, 0.1) is 4.91 Å². The van der Waals surface area contributed by atoms with Gasteiger partial charge in [-0.05, 0) is 24.8 Å². The largest absolute Gasteiger partial charge is 0.340 e. The number of amides is 2. The fraction of sp³-hybridized carbons (Fsp3) is 0.389. The van der Waals surface area contributed by atoms with Crippen LogP contribution in [0.3, 0.4) is 0 Å². The molecular weight excluding hydrogens is 390 g/mol. The number of benzene rings is 1. The Balaban J connectivity index is 1.61. The van der Waals surface area contributed by atoms with Gasteiger partial charge in [-0.1, -0.05) is 53.8 Å². The van der Waals surface area contributed by atoms with Crippen LogP contribution in [0, 0.1) is 0 Å². The quantitative estimate of drug-likeness (QED) is 0.565. The number of halogens is 1. The van der Waals surface area contributed by atoms with Crippen molar-refractivity contribution in [3.63, 3.8) is 0 Å². The lowest BCUT2D eigenvalue weighted by molar-refractivity contribution is -0.133. The van der Waals surface area contributed by atoms with Gasteiger partial charge in [-0.15, -0.1) is 0 Å². The van der Waals surface area contributed by atoms with Crippen LogP contribution in [0.4, 0.5) is 0 Å². The lowest BCUT2D eigenvalue weighted by Gasteiger charge is -2.32. The van der Waals surface area contributed by atoms with E-state index in [2.05, 4.69) is 4.90 Å². The van der Waals surface area contributed by atoms with Crippen LogP contribution in [0.1, 0.15) is 12.0 Å². The number of rotatable bonds is 4. The van der Waals surface area contributed by atoms with Gasteiger partial charge in [-0.3, -0.25) is 14.5 Å². The summed E-state index contributed by atoms with van der Waals surface area (Å²) < 4.78 is 0.486. The maximum Gasteiger partial charge on any atom is 0.266 e. The van der Waals surface area contributed by atoms with Gasteiger partial charge in [0.1, 0.15) is 4.32 Å². The smallest absolute Gasteiger partial charge is 0.266 e. The molecule has 26 heavy (non-hydrogen) atoms. The second kappa shape index (κ2) is 8.52. The second-order valence-corrected chi connectivity index (χ2v) is 8.37. The van der Waals surface area contributed by atoms with Crippen LogP contribution >= 0.6 is 35.6 Å². The van der Waals surface area contributed by atoms with Crippen molar-refractivity contribution >= 4 is 57.8 Å². The summed E-state index contributed by atoms with van der Waals surface area (Å²) in [6.45, 7) is 3.55. The molecule has 0 spiro atoms. The molecule has 0 radical (unpaired) electrons. The molecule has 2 aliphatic rings. The Morgan fingerprint density at radius 3 is 2.65 bits per heavy atom. The zero-order valence-corrected chi connectivity index (χ0v) is 16.9. The number of carbonyl (C=O) groups excluding carboxylic acids is 2. The Labute approximate surface area is 167 Å². The topological polar surface area (TPSA) is 43.9 Å². The minimum atomic E-state index is -0.161. The highest BCUT2D eigenvalue weighted by atomic mass is 35.5. The van der Waals surface area contributed by atoms with E-state index in [9.17, 15) is 9.59 Å². The first-order valence-corrected chi connectivity index (χ1v) is 10.0. The van der Waals surface area contributed by atoms with Gasteiger partial charge in [-0.25, -0.2) is 0 Å². The molecular formula is C18H20ClN3O2S2. The molecule has 138 valence electrons. The van der Waals surface area contributed by atoms with Crippen molar-refractivity contribution in [1.29, 1.82) is 0 Å². The molecule has 1 aromatic carbocycles. The summed E-state index contributed by atoms with van der Waals surface area (Å²) in [7, 11) is 2.05. The Kier molecular flexibility index (Phi) is 6.34. The average Bonchev–Trinajstić information content (AvgIpc) is 2.89. The Bertz CT molecular complexity index is 761. The van der Waals surface area contributed by atoms with E-state index in [0.717, 1.165) is 31.7 Å². The van der Waals surface area contributed by atoms with E-state index in [1.54, 1.807) is 12.1 Å². The molecule has 0 bridgehead atoms. The van der Waals surface area contributed by atoms with Crippen molar-refractivity contribution in [2.75, 3.05) is 39.8 Å². The van der Waals surface area contributed by atoms with E-state index < -0.39 is 0 Å². The van der Waals surface area contributed by atoms with Crippen LogP contribution in [0.5, 0.6) is 0 Å². The highest BCUT2D eigenvalue weighted by Gasteiger charge is 2.32. The van der Waals surface area contributed by atoms with E-state index in [-0.39, 0.29) is 18.2 Å². The Morgan fingerprint density at radius 1 is 1.27 bits per heavy atom. The van der Waals surface area contributed by atoms with Gasteiger partial charge in [-0.2, -0.15) is 0 Å². The first-order chi connectivity index (χ1) is 12.5. The van der Waals surface area contributed by atoms with Gasteiger partial charge in [0.25, 0.3) is 5.91 Å². The maximum atomic E-state index is 12.6. The van der Waals surface area contributed by atoms with E-state index in [1.807, 2.05) is 30.1 Å². The molecule has 2 saturated heterocycles. The first-order valence-electron chi connectivity index (χ1n) is 8.42. The highest BCUT2D eigenvalue weighted by Crippen LogP contribution is 2.33. The van der Waals surface area contributed by atoms with E-state index in [4.69, 9.17) is 23.8 Å². The normalized spacial score (nSPS) is 20.3. The lowest BCUT2D eigenvalue weighted by Crippen LogP contribution is -2.47. The van der Waals surface area contributed by atoms with Crippen molar-refractivity contribution in [2.45, 2.75) is 6.42 Å². The third-order valence-electron chi connectivity index (χ3n) is 4.47. The predicted octanol–water partition coefficient (Wildman–Crippen LogP) is 2.71. The molecule has 2 fully saturated rings. The van der Waals surface area contributed by atoms with E-state index >= 15 is 0 Å².